The molecule has 0 radical (unpaired) electrons. The number of anilines is 1. The molecule has 0 fully saturated rings. The number of unbranched alkanes of at least 4 members (excludes halogenated alkanes) is 1. The number of amides is 3. The van der Waals surface area contributed by atoms with Gasteiger partial charge in [0, 0.05) is 12.2 Å². The smallest absolute Gasteiger partial charge is 0.408 e. The van der Waals surface area contributed by atoms with Crippen molar-refractivity contribution in [2.24, 2.45) is 5.92 Å². The van der Waals surface area contributed by atoms with Crippen molar-refractivity contribution >= 4 is 23.6 Å². The van der Waals surface area contributed by atoms with Gasteiger partial charge in [-0.15, -0.1) is 0 Å². The third kappa shape index (κ3) is 10.1. The zero-order valence-corrected chi connectivity index (χ0v) is 24.1. The minimum absolute atomic E-state index is 0.0452. The molecule has 0 aliphatic rings. The van der Waals surface area contributed by atoms with Crippen LogP contribution >= 0.6 is 0 Å². The molecule has 0 aromatic heterocycles. The fourth-order valence-electron chi connectivity index (χ4n) is 4.05. The van der Waals surface area contributed by atoms with Crippen molar-refractivity contribution in [2.75, 3.05) is 19.0 Å². The van der Waals surface area contributed by atoms with Crippen molar-refractivity contribution in [3.8, 4) is 11.5 Å². The maximum absolute atomic E-state index is 14.1. The highest BCUT2D eigenvalue weighted by atomic mass is 16.6. The molecular weight excluding hydrogens is 498 g/mol. The van der Waals surface area contributed by atoms with Crippen LogP contribution in [0.2, 0.25) is 0 Å². The summed E-state index contributed by atoms with van der Waals surface area (Å²) in [6.07, 6.45) is 1.11. The summed E-state index contributed by atoms with van der Waals surface area (Å²) in [5.41, 5.74) is 0.339. The van der Waals surface area contributed by atoms with Crippen LogP contribution < -0.4 is 15.4 Å². The number of carbonyl (C=O) groups excluding carboxylic acids is 3. The molecule has 2 rings (SSSR count). The Hall–Kier alpha value is -3.75. The summed E-state index contributed by atoms with van der Waals surface area (Å²) >= 11 is 0. The third-order valence-corrected chi connectivity index (χ3v) is 5.86. The molecule has 0 aliphatic carbocycles. The topological polar surface area (TPSA) is 117 Å². The van der Waals surface area contributed by atoms with Crippen molar-refractivity contribution in [1.29, 1.82) is 0 Å². The second-order valence-electron chi connectivity index (χ2n) is 10.9. The Balaban J connectivity index is 2.49. The van der Waals surface area contributed by atoms with Gasteiger partial charge in [-0.1, -0.05) is 39.3 Å². The number of benzene rings is 2. The Kier molecular flexibility index (Phi) is 11.6. The molecule has 39 heavy (non-hydrogen) atoms. The number of alkyl carbamates (subject to hydrolysis) is 1. The van der Waals surface area contributed by atoms with Gasteiger partial charge >= 0.3 is 6.09 Å². The Morgan fingerprint density at radius 3 is 2.13 bits per heavy atom. The number of nitrogens with zero attached hydrogens (tertiary/aromatic N) is 1. The van der Waals surface area contributed by atoms with E-state index in [4.69, 9.17) is 9.47 Å². The number of rotatable bonds is 12. The van der Waals surface area contributed by atoms with Crippen LogP contribution in [0, 0.1) is 5.92 Å². The molecule has 0 saturated heterocycles. The van der Waals surface area contributed by atoms with Gasteiger partial charge in [-0.25, -0.2) is 4.79 Å². The molecule has 3 amide bonds. The number of nitrogens with one attached hydrogen (secondary N) is 2. The molecule has 2 aromatic rings. The van der Waals surface area contributed by atoms with E-state index in [9.17, 15) is 19.5 Å². The number of phenols is 1. The summed E-state index contributed by atoms with van der Waals surface area (Å²) in [6, 6.07) is 11.2. The number of aromatic hydroxyl groups is 1. The van der Waals surface area contributed by atoms with Crippen LogP contribution in [0.25, 0.3) is 0 Å². The lowest BCUT2D eigenvalue weighted by atomic mass is 9.98. The summed E-state index contributed by atoms with van der Waals surface area (Å²) in [6.45, 7) is 11.5. The summed E-state index contributed by atoms with van der Waals surface area (Å²) in [5, 5.41) is 15.5. The van der Waals surface area contributed by atoms with E-state index in [0.29, 0.717) is 36.4 Å². The lowest BCUT2D eigenvalue weighted by molar-refractivity contribution is -0.141. The molecule has 214 valence electrons. The monoisotopic (exact) mass is 541 g/mol. The molecule has 9 nitrogen and oxygen atoms in total. The van der Waals surface area contributed by atoms with Crippen molar-refractivity contribution in [1.82, 2.24) is 10.2 Å². The van der Waals surface area contributed by atoms with Crippen LogP contribution in [0.3, 0.4) is 0 Å². The van der Waals surface area contributed by atoms with Crippen LogP contribution in [-0.4, -0.2) is 53.2 Å². The number of carbonyl (C=O) groups is 3. The van der Waals surface area contributed by atoms with Crippen molar-refractivity contribution in [2.45, 2.75) is 78.5 Å². The second kappa shape index (κ2) is 14.4. The highest BCUT2D eigenvalue weighted by Gasteiger charge is 2.36. The Morgan fingerprint density at radius 1 is 1.00 bits per heavy atom. The van der Waals surface area contributed by atoms with Gasteiger partial charge in [-0.3, -0.25) is 9.59 Å². The molecule has 2 unspecified atom stereocenters. The number of ether oxygens (including phenoxy) is 2. The highest BCUT2D eigenvalue weighted by Crippen LogP contribution is 2.28. The molecular formula is C30H43N3O6. The average molecular weight is 542 g/mol. The van der Waals surface area contributed by atoms with Crippen LogP contribution in [0.5, 0.6) is 11.5 Å². The van der Waals surface area contributed by atoms with Crippen molar-refractivity contribution < 1.29 is 29.0 Å². The molecule has 0 spiro atoms. The van der Waals surface area contributed by atoms with Crippen LogP contribution in [0.15, 0.2) is 48.5 Å². The van der Waals surface area contributed by atoms with E-state index in [1.165, 1.54) is 17.0 Å². The summed E-state index contributed by atoms with van der Waals surface area (Å²) in [5.74, 6) is -0.0275. The highest BCUT2D eigenvalue weighted by molar-refractivity contribution is 5.99. The summed E-state index contributed by atoms with van der Waals surface area (Å²) < 4.78 is 10.6. The van der Waals surface area contributed by atoms with Crippen LogP contribution in [0.1, 0.15) is 72.4 Å². The van der Waals surface area contributed by atoms with E-state index in [2.05, 4.69) is 10.6 Å². The molecule has 3 N–H and O–H groups in total. The molecule has 0 bridgehead atoms. The molecule has 9 heteroatoms. The maximum atomic E-state index is 14.1. The first-order valence-electron chi connectivity index (χ1n) is 13.4. The SMILES string of the molecule is CCCCN(C(=O)C(CC(C)C)NC(=O)OC(C)(C)C)C(C(=O)Nc1ccc(OC)cc1)c1ccc(O)cc1. The van der Waals surface area contributed by atoms with E-state index in [-0.39, 0.29) is 17.6 Å². The van der Waals surface area contributed by atoms with E-state index in [0.717, 1.165) is 6.42 Å². The van der Waals surface area contributed by atoms with Gasteiger partial charge < -0.3 is 30.1 Å². The predicted octanol–water partition coefficient (Wildman–Crippen LogP) is 5.65. The fourth-order valence-corrected chi connectivity index (χ4v) is 4.05. The van der Waals surface area contributed by atoms with Gasteiger partial charge in [0.05, 0.1) is 7.11 Å². The Bertz CT molecular complexity index is 1080. The first-order chi connectivity index (χ1) is 18.3. The standard InChI is InChI=1S/C30H43N3O6/c1-8-9-18-33(28(36)25(19-20(2)3)32-29(37)39-30(4,5)6)26(21-10-14-23(34)15-11-21)27(35)31-22-12-16-24(38-7)17-13-22/h10-17,20,25-26,34H,8-9,18-19H2,1-7H3,(H,31,35)(H,32,37). The molecule has 0 saturated carbocycles. The van der Waals surface area contributed by atoms with Gasteiger partial charge in [0.1, 0.15) is 29.2 Å². The second-order valence-corrected chi connectivity index (χ2v) is 10.9. The van der Waals surface area contributed by atoms with E-state index < -0.39 is 29.7 Å². The number of hydrogen-bond donors (Lipinski definition) is 3. The zero-order chi connectivity index (χ0) is 29.2. The van der Waals surface area contributed by atoms with Gasteiger partial charge in [0.25, 0.3) is 5.91 Å². The molecule has 2 atom stereocenters. The first kappa shape index (κ1) is 31.5. The van der Waals surface area contributed by atoms with Crippen molar-refractivity contribution in [3.63, 3.8) is 0 Å². The zero-order valence-electron chi connectivity index (χ0n) is 24.1. The minimum atomic E-state index is -1.01. The van der Waals surface area contributed by atoms with E-state index >= 15 is 0 Å². The average Bonchev–Trinajstić information content (AvgIpc) is 2.85. The quantitative estimate of drug-likeness (QED) is 0.320. The Morgan fingerprint density at radius 2 is 1.62 bits per heavy atom. The summed E-state index contributed by atoms with van der Waals surface area (Å²) in [4.78, 5) is 42.1. The van der Waals surface area contributed by atoms with E-state index in [1.807, 2.05) is 20.8 Å². The number of phenolic OH excluding ortho intramolecular Hbond substituents is 1. The number of methoxy groups -OCH3 is 1. The number of hydrogen-bond acceptors (Lipinski definition) is 6. The lowest BCUT2D eigenvalue weighted by Gasteiger charge is -2.35. The van der Waals surface area contributed by atoms with Gasteiger partial charge in [0.15, 0.2) is 0 Å². The lowest BCUT2D eigenvalue weighted by Crippen LogP contribution is -2.53. The van der Waals surface area contributed by atoms with Crippen molar-refractivity contribution in [3.05, 3.63) is 54.1 Å². The largest absolute Gasteiger partial charge is 0.508 e. The minimum Gasteiger partial charge on any atom is -0.508 e. The maximum Gasteiger partial charge on any atom is 0.408 e. The Labute approximate surface area is 231 Å². The normalized spacial score (nSPS) is 12.8. The van der Waals surface area contributed by atoms with E-state index in [1.54, 1.807) is 64.3 Å². The molecule has 0 heterocycles. The van der Waals surface area contributed by atoms with Crippen LogP contribution in [0.4, 0.5) is 10.5 Å². The first-order valence-corrected chi connectivity index (χ1v) is 13.4. The predicted molar refractivity (Wildman–Crippen MR) is 152 cm³/mol. The molecule has 2 aromatic carbocycles. The van der Waals surface area contributed by atoms with Gasteiger partial charge in [0.2, 0.25) is 5.91 Å². The third-order valence-electron chi connectivity index (χ3n) is 5.86. The van der Waals surface area contributed by atoms with Gasteiger partial charge in [-0.05, 0) is 81.5 Å². The fraction of sp³-hybridized carbons (Fsp3) is 0.500. The molecule has 0 aliphatic heterocycles. The van der Waals surface area contributed by atoms with Gasteiger partial charge in [-0.2, -0.15) is 0 Å². The van der Waals surface area contributed by atoms with Crippen LogP contribution in [-0.2, 0) is 14.3 Å². The summed E-state index contributed by atoms with van der Waals surface area (Å²) in [7, 11) is 1.56.